The van der Waals surface area contributed by atoms with Crippen molar-refractivity contribution >= 4 is 28.5 Å². The fourth-order valence-corrected chi connectivity index (χ4v) is 1.97. The van der Waals surface area contributed by atoms with Crippen LogP contribution in [0.15, 0.2) is 35.0 Å². The number of fused-ring (bicyclic) bond motifs is 1. The zero-order valence-corrected chi connectivity index (χ0v) is 12.8. The molecule has 0 amide bonds. The predicted molar refractivity (Wildman–Crippen MR) is 82.8 cm³/mol. The maximum Gasteiger partial charge on any atom is 0.354 e. The first-order chi connectivity index (χ1) is 11.0. The van der Waals surface area contributed by atoms with Gasteiger partial charge in [0, 0.05) is 0 Å². The summed E-state index contributed by atoms with van der Waals surface area (Å²) in [5, 5.41) is 3.15. The van der Waals surface area contributed by atoms with Gasteiger partial charge in [0.15, 0.2) is 0 Å². The Hall–Kier alpha value is -3.16. The molecule has 2 rings (SSSR count). The number of carbonyl (C=O) groups is 2. The molecule has 0 atom stereocenters. The summed E-state index contributed by atoms with van der Waals surface area (Å²) in [4.78, 5) is 41.7. The van der Waals surface area contributed by atoms with Crippen molar-refractivity contribution in [2.75, 3.05) is 19.5 Å². The normalized spacial score (nSPS) is 11.2. The van der Waals surface area contributed by atoms with Crippen LogP contribution in [0, 0.1) is 6.92 Å². The van der Waals surface area contributed by atoms with Crippen LogP contribution in [0.25, 0.3) is 10.9 Å². The predicted octanol–water partition coefficient (Wildman–Crippen LogP) is 0.873. The molecule has 0 saturated carbocycles. The zero-order valence-electron chi connectivity index (χ0n) is 12.8. The quantitative estimate of drug-likeness (QED) is 0.636. The van der Waals surface area contributed by atoms with E-state index in [1.165, 1.54) is 20.5 Å². The van der Waals surface area contributed by atoms with E-state index >= 15 is 0 Å². The second-order valence-corrected chi connectivity index (χ2v) is 4.58. The first-order valence-corrected chi connectivity index (χ1v) is 6.60. The highest BCUT2D eigenvalue weighted by Gasteiger charge is 2.16. The first kappa shape index (κ1) is 16.2. The van der Waals surface area contributed by atoms with Gasteiger partial charge in [0.2, 0.25) is 0 Å². The van der Waals surface area contributed by atoms with E-state index in [-0.39, 0.29) is 11.3 Å². The van der Waals surface area contributed by atoms with E-state index in [1.807, 2.05) is 0 Å². The van der Waals surface area contributed by atoms with Gasteiger partial charge in [-0.3, -0.25) is 4.79 Å². The molecular weight excluding hydrogens is 302 g/mol. The number of rotatable bonds is 4. The molecule has 0 saturated heterocycles. The number of methoxy groups -OCH3 is 2. The Balaban J connectivity index is 2.58. The molecule has 2 aromatic rings. The number of aromatic nitrogens is 2. The summed E-state index contributed by atoms with van der Waals surface area (Å²) in [6.45, 7) is 1.78. The van der Waals surface area contributed by atoms with Crippen molar-refractivity contribution in [3.63, 3.8) is 0 Å². The number of hydrogen-bond donors (Lipinski definition) is 2. The Labute approximate surface area is 131 Å². The lowest BCUT2D eigenvalue weighted by Gasteiger charge is -2.13. The second-order valence-electron chi connectivity index (χ2n) is 4.58. The molecule has 0 bridgehead atoms. The smallest absolute Gasteiger partial charge is 0.354 e. The highest BCUT2D eigenvalue weighted by molar-refractivity contribution is 6.01. The third kappa shape index (κ3) is 3.37. The summed E-state index contributed by atoms with van der Waals surface area (Å²) in [5.74, 6) is -1.47. The molecule has 1 aromatic heterocycles. The van der Waals surface area contributed by atoms with Crippen molar-refractivity contribution in [2.45, 2.75) is 6.92 Å². The van der Waals surface area contributed by atoms with Crippen molar-refractivity contribution in [1.29, 1.82) is 0 Å². The van der Waals surface area contributed by atoms with E-state index in [1.54, 1.807) is 19.1 Å². The third-order valence-corrected chi connectivity index (χ3v) is 3.15. The molecule has 0 unspecified atom stereocenters. The van der Waals surface area contributed by atoms with Gasteiger partial charge in [0.25, 0.3) is 5.56 Å². The van der Waals surface area contributed by atoms with Crippen LogP contribution >= 0.6 is 0 Å². The Kier molecular flexibility index (Phi) is 4.75. The van der Waals surface area contributed by atoms with Gasteiger partial charge in [0.1, 0.15) is 11.2 Å². The van der Waals surface area contributed by atoms with Gasteiger partial charge in [-0.25, -0.2) is 14.6 Å². The molecule has 2 N–H and O–H groups in total. The van der Waals surface area contributed by atoms with Crippen molar-refractivity contribution in [1.82, 2.24) is 9.97 Å². The largest absolute Gasteiger partial charge is 0.466 e. The lowest BCUT2D eigenvalue weighted by molar-refractivity contribution is -0.138. The molecule has 120 valence electrons. The van der Waals surface area contributed by atoms with Crippen LogP contribution in [0.2, 0.25) is 0 Å². The average molecular weight is 317 g/mol. The van der Waals surface area contributed by atoms with Crippen LogP contribution in [0.4, 0.5) is 5.69 Å². The summed E-state index contributed by atoms with van der Waals surface area (Å²) < 4.78 is 9.16. The van der Waals surface area contributed by atoms with Gasteiger partial charge in [-0.2, -0.15) is 0 Å². The molecule has 0 aliphatic heterocycles. The number of aromatic amines is 1. The van der Waals surface area contributed by atoms with Crippen molar-refractivity contribution in [3.8, 4) is 0 Å². The number of nitrogens with one attached hydrogen (secondary N) is 2. The number of carbonyl (C=O) groups excluding carboxylic acids is 2. The van der Waals surface area contributed by atoms with E-state index < -0.39 is 11.9 Å². The minimum Gasteiger partial charge on any atom is -0.466 e. The van der Waals surface area contributed by atoms with E-state index in [2.05, 4.69) is 24.8 Å². The molecule has 8 heteroatoms. The van der Waals surface area contributed by atoms with Crippen LogP contribution in [-0.4, -0.2) is 36.1 Å². The maximum atomic E-state index is 11.8. The SMILES string of the molecule is COC(=O)/C=C(/Nc1c(C)ccc2c(=O)[nH]cnc12)C(=O)OC. The number of ether oxygens (including phenoxy) is 2. The maximum absolute atomic E-state index is 11.8. The number of hydrogen-bond acceptors (Lipinski definition) is 7. The minimum atomic E-state index is -0.753. The van der Waals surface area contributed by atoms with Gasteiger partial charge < -0.3 is 19.8 Å². The summed E-state index contributed by atoms with van der Waals surface area (Å²) in [5.41, 5.74) is 1.09. The Morgan fingerprint density at radius 2 is 2.00 bits per heavy atom. The number of esters is 2. The van der Waals surface area contributed by atoms with Crippen molar-refractivity contribution in [2.24, 2.45) is 0 Å². The van der Waals surface area contributed by atoms with Crippen LogP contribution in [0.1, 0.15) is 5.56 Å². The summed E-state index contributed by atoms with van der Waals surface area (Å²) in [6.07, 6.45) is 2.23. The molecule has 1 aromatic carbocycles. The van der Waals surface area contributed by atoms with Crippen molar-refractivity contribution < 1.29 is 19.1 Å². The number of aryl methyl sites for hydroxylation is 1. The number of nitrogens with zero attached hydrogens (tertiary/aromatic N) is 1. The van der Waals surface area contributed by atoms with Gasteiger partial charge in [0.05, 0.1) is 37.7 Å². The van der Waals surface area contributed by atoms with Crippen LogP contribution in [0.5, 0.6) is 0 Å². The van der Waals surface area contributed by atoms with E-state index in [9.17, 15) is 14.4 Å². The standard InChI is InChI=1S/C15H15N3O5/c1-8-4-5-9-13(16-7-17-14(9)20)12(8)18-10(15(21)23-3)6-11(19)22-2/h4-7,18H,1-3H3,(H,16,17,20)/b10-6+. The molecule has 23 heavy (non-hydrogen) atoms. The van der Waals surface area contributed by atoms with Crippen LogP contribution in [-0.2, 0) is 19.1 Å². The van der Waals surface area contributed by atoms with E-state index in [4.69, 9.17) is 0 Å². The number of benzene rings is 1. The highest BCUT2D eigenvalue weighted by Crippen LogP contribution is 2.24. The summed E-state index contributed by atoms with van der Waals surface area (Å²) >= 11 is 0. The van der Waals surface area contributed by atoms with Gasteiger partial charge in [-0.05, 0) is 18.6 Å². The zero-order chi connectivity index (χ0) is 17.0. The third-order valence-electron chi connectivity index (χ3n) is 3.15. The Bertz CT molecular complexity index is 854. The Morgan fingerprint density at radius 1 is 1.26 bits per heavy atom. The minimum absolute atomic E-state index is 0.128. The molecule has 0 fully saturated rings. The molecule has 0 aliphatic rings. The topological polar surface area (TPSA) is 110 Å². The Morgan fingerprint density at radius 3 is 2.65 bits per heavy atom. The van der Waals surface area contributed by atoms with Crippen LogP contribution in [0.3, 0.4) is 0 Å². The molecular formula is C15H15N3O5. The molecule has 0 spiro atoms. The van der Waals surface area contributed by atoms with Gasteiger partial charge in [-0.15, -0.1) is 0 Å². The monoisotopic (exact) mass is 317 g/mol. The van der Waals surface area contributed by atoms with Crippen molar-refractivity contribution in [3.05, 3.63) is 46.2 Å². The van der Waals surface area contributed by atoms with E-state index in [0.717, 1.165) is 11.6 Å². The number of H-pyrrole nitrogens is 1. The molecule has 1 heterocycles. The molecule has 0 aliphatic carbocycles. The highest BCUT2D eigenvalue weighted by atomic mass is 16.5. The van der Waals surface area contributed by atoms with Crippen LogP contribution < -0.4 is 10.9 Å². The molecule has 0 radical (unpaired) electrons. The summed E-state index contributed by atoms with van der Waals surface area (Å²) in [7, 11) is 2.38. The lowest BCUT2D eigenvalue weighted by Crippen LogP contribution is -2.17. The fraction of sp³-hybridized carbons (Fsp3) is 0.200. The second kappa shape index (κ2) is 6.73. The first-order valence-electron chi connectivity index (χ1n) is 6.60. The summed E-state index contributed by atoms with van der Waals surface area (Å²) in [6, 6.07) is 3.33. The fourth-order valence-electron chi connectivity index (χ4n) is 1.97. The van der Waals surface area contributed by atoms with Gasteiger partial charge >= 0.3 is 11.9 Å². The van der Waals surface area contributed by atoms with Gasteiger partial charge in [-0.1, -0.05) is 6.07 Å². The number of anilines is 1. The average Bonchev–Trinajstić information content (AvgIpc) is 2.55. The van der Waals surface area contributed by atoms with E-state index in [0.29, 0.717) is 16.6 Å². The lowest BCUT2D eigenvalue weighted by atomic mass is 10.1. The molecule has 8 nitrogen and oxygen atoms in total.